The largest absolute Gasteiger partial charge is 0.465 e. The van der Waals surface area contributed by atoms with Crippen LogP contribution in [0.4, 0.5) is 5.00 Å². The van der Waals surface area contributed by atoms with Gasteiger partial charge in [0.2, 0.25) is 5.91 Å². The van der Waals surface area contributed by atoms with Crippen LogP contribution in [0.3, 0.4) is 0 Å². The van der Waals surface area contributed by atoms with Crippen molar-refractivity contribution in [1.29, 1.82) is 0 Å². The third-order valence-electron chi connectivity index (χ3n) is 3.67. The SMILES string of the molecule is CCc1cc(C(=O)OC)c(NC(=O)CN(C)Cc2cnn(CC)c2)s1. The van der Waals surface area contributed by atoms with Crippen molar-refractivity contribution in [3.63, 3.8) is 0 Å². The Morgan fingerprint density at radius 3 is 2.76 bits per heavy atom. The van der Waals surface area contributed by atoms with Crippen molar-refractivity contribution in [2.75, 3.05) is 26.0 Å². The summed E-state index contributed by atoms with van der Waals surface area (Å²) in [5.74, 6) is -0.605. The van der Waals surface area contributed by atoms with E-state index >= 15 is 0 Å². The molecule has 0 aliphatic rings. The number of amides is 1. The molecule has 2 rings (SSSR count). The number of aromatic nitrogens is 2. The van der Waals surface area contributed by atoms with Gasteiger partial charge in [0, 0.05) is 29.7 Å². The second-order valence-electron chi connectivity index (χ2n) is 5.73. The fourth-order valence-corrected chi connectivity index (χ4v) is 3.41. The number of hydrogen-bond acceptors (Lipinski definition) is 6. The highest BCUT2D eigenvalue weighted by Crippen LogP contribution is 2.29. The number of nitrogens with one attached hydrogen (secondary N) is 1. The minimum atomic E-state index is -0.438. The number of ether oxygens (including phenoxy) is 1. The van der Waals surface area contributed by atoms with Gasteiger partial charge in [0.25, 0.3) is 0 Å². The number of likely N-dealkylation sites (N-methyl/N-ethyl adjacent to an activating group) is 1. The van der Waals surface area contributed by atoms with E-state index in [2.05, 4.69) is 10.4 Å². The van der Waals surface area contributed by atoms with Gasteiger partial charge in [-0.15, -0.1) is 11.3 Å². The quantitative estimate of drug-likeness (QED) is 0.728. The molecule has 2 aromatic heterocycles. The predicted molar refractivity (Wildman–Crippen MR) is 97.9 cm³/mol. The van der Waals surface area contributed by atoms with Gasteiger partial charge in [0.05, 0.1) is 25.4 Å². The van der Waals surface area contributed by atoms with E-state index in [4.69, 9.17) is 4.74 Å². The Morgan fingerprint density at radius 2 is 2.16 bits per heavy atom. The van der Waals surface area contributed by atoms with Gasteiger partial charge in [-0.2, -0.15) is 5.10 Å². The summed E-state index contributed by atoms with van der Waals surface area (Å²) < 4.78 is 6.64. The minimum absolute atomic E-state index is 0.167. The van der Waals surface area contributed by atoms with Crippen molar-refractivity contribution in [2.24, 2.45) is 0 Å². The molecule has 8 heteroatoms. The third kappa shape index (κ3) is 5.14. The summed E-state index contributed by atoms with van der Waals surface area (Å²) >= 11 is 1.40. The number of aryl methyl sites for hydroxylation is 2. The van der Waals surface area contributed by atoms with Crippen LogP contribution in [0.2, 0.25) is 0 Å². The predicted octanol–water partition coefficient (Wildman–Crippen LogP) is 2.38. The molecule has 0 aliphatic heterocycles. The van der Waals surface area contributed by atoms with Crippen molar-refractivity contribution in [2.45, 2.75) is 33.4 Å². The van der Waals surface area contributed by atoms with E-state index < -0.39 is 5.97 Å². The minimum Gasteiger partial charge on any atom is -0.465 e. The van der Waals surface area contributed by atoms with Crippen LogP contribution in [-0.2, 0) is 29.0 Å². The van der Waals surface area contributed by atoms with Crippen LogP contribution in [0, 0.1) is 0 Å². The Balaban J connectivity index is 1.97. The Kier molecular flexibility index (Phi) is 6.72. The molecule has 0 bridgehead atoms. The van der Waals surface area contributed by atoms with Gasteiger partial charge in [0.1, 0.15) is 5.00 Å². The summed E-state index contributed by atoms with van der Waals surface area (Å²) in [6, 6.07) is 1.77. The Hall–Kier alpha value is -2.19. The molecule has 0 radical (unpaired) electrons. The lowest BCUT2D eigenvalue weighted by Gasteiger charge is -2.15. The number of thiophene rings is 1. The van der Waals surface area contributed by atoms with E-state index in [0.717, 1.165) is 23.4 Å². The standard InChI is InChI=1S/C17H24N4O3S/c1-5-13-7-14(17(23)24-4)16(25-13)19-15(22)11-20(3)9-12-8-18-21(6-2)10-12/h7-8,10H,5-6,9,11H2,1-4H3,(H,19,22). The van der Waals surface area contributed by atoms with E-state index in [-0.39, 0.29) is 12.5 Å². The lowest BCUT2D eigenvalue weighted by atomic mass is 10.2. The van der Waals surface area contributed by atoms with Gasteiger partial charge < -0.3 is 10.1 Å². The molecule has 0 fully saturated rings. The zero-order chi connectivity index (χ0) is 18.4. The van der Waals surface area contributed by atoms with Gasteiger partial charge in [-0.25, -0.2) is 4.79 Å². The van der Waals surface area contributed by atoms with E-state index in [1.807, 2.05) is 36.7 Å². The number of anilines is 1. The monoisotopic (exact) mass is 364 g/mol. The molecule has 0 unspecified atom stereocenters. The molecule has 1 amide bonds. The molecule has 7 nitrogen and oxygen atoms in total. The maximum absolute atomic E-state index is 12.3. The Labute approximate surface area is 151 Å². The van der Waals surface area contributed by atoms with Crippen molar-refractivity contribution >= 4 is 28.2 Å². The van der Waals surface area contributed by atoms with E-state index in [1.54, 1.807) is 12.3 Å². The number of carbonyl (C=O) groups is 2. The van der Waals surface area contributed by atoms with E-state index in [1.165, 1.54) is 18.4 Å². The molecule has 0 saturated heterocycles. The number of hydrogen-bond donors (Lipinski definition) is 1. The van der Waals surface area contributed by atoms with Crippen LogP contribution in [0.5, 0.6) is 0 Å². The first kappa shape index (κ1) is 19.1. The Bertz CT molecular complexity index is 738. The van der Waals surface area contributed by atoms with Crippen LogP contribution in [0.1, 0.15) is 34.6 Å². The molecule has 0 atom stereocenters. The molecule has 2 heterocycles. The molecule has 0 saturated carbocycles. The molecule has 0 aromatic carbocycles. The average molecular weight is 364 g/mol. The van der Waals surface area contributed by atoms with Gasteiger partial charge in [0.15, 0.2) is 0 Å². The van der Waals surface area contributed by atoms with Crippen LogP contribution in [0.25, 0.3) is 0 Å². The summed E-state index contributed by atoms with van der Waals surface area (Å²) in [4.78, 5) is 27.1. The summed E-state index contributed by atoms with van der Waals surface area (Å²) in [5, 5.41) is 7.60. The van der Waals surface area contributed by atoms with Gasteiger partial charge in [-0.05, 0) is 26.5 Å². The topological polar surface area (TPSA) is 76.5 Å². The van der Waals surface area contributed by atoms with Crippen LogP contribution >= 0.6 is 11.3 Å². The van der Waals surface area contributed by atoms with E-state index in [0.29, 0.717) is 17.1 Å². The fraction of sp³-hybridized carbons (Fsp3) is 0.471. The number of esters is 1. The maximum Gasteiger partial charge on any atom is 0.340 e. The molecule has 25 heavy (non-hydrogen) atoms. The molecular formula is C17H24N4O3S. The molecule has 136 valence electrons. The normalized spacial score (nSPS) is 10.9. The van der Waals surface area contributed by atoms with Crippen molar-refractivity contribution < 1.29 is 14.3 Å². The highest BCUT2D eigenvalue weighted by Gasteiger charge is 2.18. The lowest BCUT2D eigenvalue weighted by molar-refractivity contribution is -0.117. The van der Waals surface area contributed by atoms with Gasteiger partial charge in [-0.3, -0.25) is 14.4 Å². The first-order valence-electron chi connectivity index (χ1n) is 8.17. The van der Waals surface area contributed by atoms with Gasteiger partial charge in [-0.1, -0.05) is 6.92 Å². The van der Waals surface area contributed by atoms with E-state index in [9.17, 15) is 9.59 Å². The van der Waals surface area contributed by atoms with Crippen molar-refractivity contribution in [1.82, 2.24) is 14.7 Å². The molecule has 0 aliphatic carbocycles. The summed E-state index contributed by atoms with van der Waals surface area (Å²) in [5.41, 5.74) is 1.46. The van der Waals surface area contributed by atoms with Crippen LogP contribution in [0.15, 0.2) is 18.5 Å². The third-order valence-corrected chi connectivity index (χ3v) is 4.86. The van der Waals surface area contributed by atoms with Gasteiger partial charge >= 0.3 is 5.97 Å². The summed E-state index contributed by atoms with van der Waals surface area (Å²) in [6.07, 6.45) is 4.57. The lowest BCUT2D eigenvalue weighted by Crippen LogP contribution is -2.29. The second-order valence-corrected chi connectivity index (χ2v) is 6.86. The van der Waals surface area contributed by atoms with Crippen LogP contribution < -0.4 is 5.32 Å². The van der Waals surface area contributed by atoms with Crippen LogP contribution in [-0.4, -0.2) is 47.3 Å². The number of methoxy groups -OCH3 is 1. The molecular weight excluding hydrogens is 340 g/mol. The zero-order valence-electron chi connectivity index (χ0n) is 15.0. The number of carbonyl (C=O) groups excluding carboxylic acids is 2. The summed E-state index contributed by atoms with van der Waals surface area (Å²) in [6.45, 7) is 5.69. The summed E-state index contributed by atoms with van der Waals surface area (Å²) in [7, 11) is 3.21. The fourth-order valence-electron chi connectivity index (χ4n) is 2.41. The number of nitrogens with zero attached hydrogens (tertiary/aromatic N) is 3. The molecule has 1 N–H and O–H groups in total. The molecule has 0 spiro atoms. The van der Waals surface area contributed by atoms with Crippen molar-refractivity contribution in [3.8, 4) is 0 Å². The highest BCUT2D eigenvalue weighted by atomic mass is 32.1. The highest BCUT2D eigenvalue weighted by molar-refractivity contribution is 7.16. The Morgan fingerprint density at radius 1 is 1.40 bits per heavy atom. The first-order chi connectivity index (χ1) is 12.0. The maximum atomic E-state index is 12.3. The molecule has 2 aromatic rings. The van der Waals surface area contributed by atoms with Crippen molar-refractivity contribution in [3.05, 3.63) is 34.5 Å². The first-order valence-corrected chi connectivity index (χ1v) is 8.99. The smallest absolute Gasteiger partial charge is 0.340 e. The zero-order valence-corrected chi connectivity index (χ0v) is 15.9. The second kappa shape index (κ2) is 8.77. The number of rotatable bonds is 8. The average Bonchev–Trinajstić information content (AvgIpc) is 3.20.